The van der Waals surface area contributed by atoms with Crippen LogP contribution in [0.1, 0.15) is 19.7 Å². The molecule has 1 aromatic carbocycles. The van der Waals surface area contributed by atoms with Crippen LogP contribution in [0.25, 0.3) is 21.3 Å². The average molecular weight is 389 g/mol. The maximum Gasteiger partial charge on any atom is 0.275 e. The lowest BCUT2D eigenvalue weighted by molar-refractivity contribution is -0.904. The number of fused-ring (bicyclic) bond motifs is 1. The lowest BCUT2D eigenvalue weighted by Crippen LogP contribution is -3.11. The fourth-order valence-electron chi connectivity index (χ4n) is 2.96. The van der Waals surface area contributed by atoms with Crippen molar-refractivity contribution < 1.29 is 14.1 Å². The predicted molar refractivity (Wildman–Crippen MR) is 104 cm³/mol. The molecule has 2 heterocycles. The first-order chi connectivity index (χ1) is 13.0. The SMILES string of the molecule is CCNC(=O)C[NH+](CC)Cc1nc2scc(-c3ccc(F)cc3)c2c(=O)[nH]1. The van der Waals surface area contributed by atoms with Crippen LogP contribution in [0, 0.1) is 5.82 Å². The number of aromatic nitrogens is 2. The van der Waals surface area contributed by atoms with Gasteiger partial charge in [0.05, 0.1) is 11.9 Å². The number of nitrogens with zero attached hydrogens (tertiary/aromatic N) is 1. The molecule has 3 aromatic rings. The summed E-state index contributed by atoms with van der Waals surface area (Å²) in [5, 5.41) is 5.16. The molecule has 1 amide bonds. The van der Waals surface area contributed by atoms with Gasteiger partial charge in [0.1, 0.15) is 17.2 Å². The van der Waals surface area contributed by atoms with Crippen molar-refractivity contribution in [3.8, 4) is 11.1 Å². The summed E-state index contributed by atoms with van der Waals surface area (Å²) in [4.78, 5) is 33.6. The summed E-state index contributed by atoms with van der Waals surface area (Å²) in [6.07, 6.45) is 0. The van der Waals surface area contributed by atoms with Gasteiger partial charge in [-0.15, -0.1) is 11.3 Å². The number of nitrogens with one attached hydrogen (secondary N) is 3. The van der Waals surface area contributed by atoms with Crippen molar-refractivity contribution in [2.45, 2.75) is 20.4 Å². The van der Waals surface area contributed by atoms with Crippen molar-refractivity contribution in [3.63, 3.8) is 0 Å². The van der Waals surface area contributed by atoms with E-state index in [4.69, 9.17) is 0 Å². The Balaban J connectivity index is 1.88. The van der Waals surface area contributed by atoms with E-state index in [1.54, 1.807) is 12.1 Å². The normalized spacial score (nSPS) is 12.3. The van der Waals surface area contributed by atoms with E-state index < -0.39 is 0 Å². The molecule has 0 aliphatic carbocycles. The minimum absolute atomic E-state index is 0.0208. The molecule has 27 heavy (non-hydrogen) atoms. The molecule has 0 aliphatic heterocycles. The van der Waals surface area contributed by atoms with Gasteiger partial charge in [0.25, 0.3) is 11.5 Å². The molecule has 0 aliphatic rings. The molecule has 3 rings (SSSR count). The molecule has 6 nitrogen and oxygen atoms in total. The Labute approximate surface area is 160 Å². The fraction of sp³-hybridized carbons (Fsp3) is 0.316. The minimum atomic E-state index is -0.317. The lowest BCUT2D eigenvalue weighted by atomic mass is 10.1. The highest BCUT2D eigenvalue weighted by molar-refractivity contribution is 7.17. The highest BCUT2D eigenvalue weighted by atomic mass is 32.1. The summed E-state index contributed by atoms with van der Waals surface area (Å²) in [7, 11) is 0. The monoisotopic (exact) mass is 389 g/mol. The number of aromatic amines is 1. The summed E-state index contributed by atoms with van der Waals surface area (Å²) in [6.45, 7) is 6.00. The Morgan fingerprint density at radius 3 is 2.70 bits per heavy atom. The summed E-state index contributed by atoms with van der Waals surface area (Å²) in [6, 6.07) is 6.05. The molecule has 1 unspecified atom stereocenters. The minimum Gasteiger partial charge on any atom is -0.351 e. The number of carbonyl (C=O) groups excluding carboxylic acids is 1. The predicted octanol–water partition coefficient (Wildman–Crippen LogP) is 1.33. The molecule has 142 valence electrons. The van der Waals surface area contributed by atoms with Crippen molar-refractivity contribution >= 4 is 27.5 Å². The van der Waals surface area contributed by atoms with Crippen molar-refractivity contribution in [1.29, 1.82) is 0 Å². The number of carbonyl (C=O) groups is 1. The van der Waals surface area contributed by atoms with Crippen LogP contribution in [-0.2, 0) is 11.3 Å². The molecule has 0 saturated heterocycles. The number of amides is 1. The fourth-order valence-corrected chi connectivity index (χ4v) is 3.92. The molecule has 0 bridgehead atoms. The number of hydrogen-bond acceptors (Lipinski definition) is 4. The molecular weight excluding hydrogens is 367 g/mol. The van der Waals surface area contributed by atoms with Crippen molar-refractivity contribution in [3.05, 3.63) is 51.6 Å². The van der Waals surface area contributed by atoms with Crippen molar-refractivity contribution in [2.24, 2.45) is 0 Å². The third-order valence-electron chi connectivity index (χ3n) is 4.35. The van der Waals surface area contributed by atoms with Gasteiger partial charge >= 0.3 is 0 Å². The molecule has 0 spiro atoms. The van der Waals surface area contributed by atoms with Crippen LogP contribution in [0.15, 0.2) is 34.4 Å². The van der Waals surface area contributed by atoms with Gasteiger partial charge in [0.2, 0.25) is 0 Å². The van der Waals surface area contributed by atoms with Crippen molar-refractivity contribution in [2.75, 3.05) is 19.6 Å². The second kappa shape index (κ2) is 8.41. The number of hydrogen-bond donors (Lipinski definition) is 3. The number of likely N-dealkylation sites (N-methyl/N-ethyl adjacent to an activating group) is 2. The number of thiophene rings is 1. The zero-order chi connectivity index (χ0) is 19.4. The second-order valence-corrected chi connectivity index (χ2v) is 7.12. The quantitative estimate of drug-likeness (QED) is 0.570. The molecule has 8 heteroatoms. The maximum absolute atomic E-state index is 13.2. The zero-order valence-electron chi connectivity index (χ0n) is 15.3. The van der Waals surface area contributed by atoms with Gasteiger partial charge in [-0.1, -0.05) is 12.1 Å². The first kappa shape index (κ1) is 19.2. The van der Waals surface area contributed by atoms with Crippen molar-refractivity contribution in [1.82, 2.24) is 15.3 Å². The Kier molecular flexibility index (Phi) is 5.98. The highest BCUT2D eigenvalue weighted by Crippen LogP contribution is 2.30. The van der Waals surface area contributed by atoms with Gasteiger partial charge in [0.15, 0.2) is 12.4 Å². The van der Waals surface area contributed by atoms with E-state index in [0.717, 1.165) is 22.6 Å². The number of rotatable bonds is 7. The van der Waals surface area contributed by atoms with E-state index in [1.807, 2.05) is 19.2 Å². The molecule has 3 N–H and O–H groups in total. The molecule has 2 aromatic heterocycles. The van der Waals surface area contributed by atoms with Crippen LogP contribution in [0.2, 0.25) is 0 Å². The van der Waals surface area contributed by atoms with E-state index >= 15 is 0 Å². The maximum atomic E-state index is 13.2. The van der Waals surface area contributed by atoms with E-state index in [9.17, 15) is 14.0 Å². The Morgan fingerprint density at radius 2 is 2.04 bits per heavy atom. The van der Waals surface area contributed by atoms with Gasteiger partial charge < -0.3 is 15.2 Å². The van der Waals surface area contributed by atoms with Gasteiger partial charge in [-0.2, -0.15) is 0 Å². The standard InChI is InChI=1S/C19H21FN4O2S/c1-3-21-16(25)10-24(4-2)9-15-22-18(26)17-14(11-27-19(17)23-15)12-5-7-13(20)8-6-12/h5-8,11H,3-4,9-10H2,1-2H3,(H,21,25)(H,22,23,26)/p+1. The lowest BCUT2D eigenvalue weighted by Gasteiger charge is -2.16. The van der Waals surface area contributed by atoms with Crippen LogP contribution in [0.3, 0.4) is 0 Å². The molecule has 0 fully saturated rings. The van der Waals surface area contributed by atoms with Crippen LogP contribution < -0.4 is 15.8 Å². The van der Waals surface area contributed by atoms with Crippen LogP contribution in [0.4, 0.5) is 4.39 Å². The first-order valence-electron chi connectivity index (χ1n) is 8.88. The van der Waals surface area contributed by atoms with E-state index in [-0.39, 0.29) is 17.3 Å². The van der Waals surface area contributed by atoms with Gasteiger partial charge in [-0.05, 0) is 31.5 Å². The number of H-pyrrole nitrogens is 1. The van der Waals surface area contributed by atoms with E-state index in [0.29, 0.717) is 35.7 Å². The van der Waals surface area contributed by atoms with Crippen LogP contribution in [-0.4, -0.2) is 35.5 Å². The van der Waals surface area contributed by atoms with E-state index in [2.05, 4.69) is 15.3 Å². The average Bonchev–Trinajstić information content (AvgIpc) is 3.06. The number of quaternary nitrogens is 1. The molecule has 0 radical (unpaired) electrons. The molecule has 1 atom stereocenters. The Hall–Kier alpha value is -2.58. The highest BCUT2D eigenvalue weighted by Gasteiger charge is 2.17. The van der Waals surface area contributed by atoms with Gasteiger partial charge in [-0.3, -0.25) is 9.59 Å². The molecule has 0 saturated carbocycles. The molecular formula is C19H22FN4O2S+. The summed E-state index contributed by atoms with van der Waals surface area (Å²) in [5.41, 5.74) is 1.31. The third-order valence-corrected chi connectivity index (χ3v) is 5.22. The van der Waals surface area contributed by atoms with E-state index in [1.165, 1.54) is 23.5 Å². The smallest absolute Gasteiger partial charge is 0.275 e. The summed E-state index contributed by atoms with van der Waals surface area (Å²) >= 11 is 1.38. The third kappa shape index (κ3) is 4.40. The van der Waals surface area contributed by atoms with Crippen LogP contribution >= 0.6 is 11.3 Å². The zero-order valence-corrected chi connectivity index (χ0v) is 16.1. The largest absolute Gasteiger partial charge is 0.351 e. The Morgan fingerprint density at radius 1 is 1.30 bits per heavy atom. The number of halogens is 1. The van der Waals surface area contributed by atoms with Gasteiger partial charge in [0, 0.05) is 17.5 Å². The number of benzene rings is 1. The summed E-state index contributed by atoms with van der Waals surface area (Å²) < 4.78 is 13.2. The Bertz CT molecular complexity index is 997. The summed E-state index contributed by atoms with van der Waals surface area (Å²) in [5.74, 6) is 0.219. The topological polar surface area (TPSA) is 79.3 Å². The van der Waals surface area contributed by atoms with Crippen LogP contribution in [0.5, 0.6) is 0 Å². The van der Waals surface area contributed by atoms with Gasteiger partial charge in [-0.25, -0.2) is 9.37 Å². The second-order valence-electron chi connectivity index (χ2n) is 6.26. The first-order valence-corrected chi connectivity index (χ1v) is 9.76.